The van der Waals surface area contributed by atoms with Crippen molar-refractivity contribution < 1.29 is 9.47 Å². The first-order valence-corrected chi connectivity index (χ1v) is 5.09. The Balaban J connectivity index is 3.05. The van der Waals surface area contributed by atoms with Crippen LogP contribution in [0.5, 0.6) is 0 Å². The van der Waals surface area contributed by atoms with Crippen molar-refractivity contribution in [3.05, 3.63) is 0 Å². The monoisotopic (exact) mass is 189 g/mol. The second-order valence-electron chi connectivity index (χ2n) is 3.14. The Hall–Kier alpha value is -0.120. The molecule has 0 aromatic rings. The van der Waals surface area contributed by atoms with Crippen molar-refractivity contribution in [3.63, 3.8) is 0 Å². The van der Waals surface area contributed by atoms with E-state index < -0.39 is 0 Å². The van der Waals surface area contributed by atoms with Gasteiger partial charge in [0.25, 0.3) is 0 Å². The van der Waals surface area contributed by atoms with Crippen LogP contribution in [0.3, 0.4) is 0 Å². The molecule has 0 aliphatic heterocycles. The van der Waals surface area contributed by atoms with Gasteiger partial charge >= 0.3 is 0 Å². The smallest absolute Gasteiger partial charge is 0.0700 e. The Morgan fingerprint density at radius 3 is 2.54 bits per heavy atom. The van der Waals surface area contributed by atoms with E-state index in [4.69, 9.17) is 9.47 Å². The van der Waals surface area contributed by atoms with Gasteiger partial charge in [-0.3, -0.25) is 0 Å². The van der Waals surface area contributed by atoms with Crippen LogP contribution >= 0.6 is 0 Å². The molecule has 1 N–H and O–H groups in total. The molecule has 3 nitrogen and oxygen atoms in total. The summed E-state index contributed by atoms with van der Waals surface area (Å²) >= 11 is 0. The van der Waals surface area contributed by atoms with Gasteiger partial charge in [0.05, 0.1) is 13.2 Å². The van der Waals surface area contributed by atoms with Crippen LogP contribution in [0.2, 0.25) is 0 Å². The Labute approximate surface area is 81.8 Å². The lowest BCUT2D eigenvalue weighted by atomic mass is 10.1. The van der Waals surface area contributed by atoms with Crippen molar-refractivity contribution >= 4 is 0 Å². The van der Waals surface area contributed by atoms with Gasteiger partial charge in [-0.25, -0.2) is 0 Å². The van der Waals surface area contributed by atoms with Crippen molar-refractivity contribution in [1.29, 1.82) is 0 Å². The first-order chi connectivity index (χ1) is 6.35. The second kappa shape index (κ2) is 9.96. The highest BCUT2D eigenvalue weighted by Crippen LogP contribution is 2.00. The van der Waals surface area contributed by atoms with Gasteiger partial charge in [-0.15, -0.1) is 0 Å². The summed E-state index contributed by atoms with van der Waals surface area (Å²) in [5.74, 6) is 0. The molecule has 0 bridgehead atoms. The molecular weight excluding hydrogens is 166 g/mol. The third kappa shape index (κ3) is 8.22. The minimum atomic E-state index is 0.644. The quantitative estimate of drug-likeness (QED) is 0.557. The predicted molar refractivity (Wildman–Crippen MR) is 55.1 cm³/mol. The largest absolute Gasteiger partial charge is 0.382 e. The van der Waals surface area contributed by atoms with Crippen LogP contribution in [0.15, 0.2) is 0 Å². The zero-order valence-electron chi connectivity index (χ0n) is 9.14. The lowest BCUT2D eigenvalue weighted by Gasteiger charge is -2.13. The topological polar surface area (TPSA) is 30.5 Å². The molecule has 0 saturated carbocycles. The molecule has 0 aromatic heterocycles. The zero-order chi connectivity index (χ0) is 9.94. The summed E-state index contributed by atoms with van der Waals surface area (Å²) in [6.07, 6.45) is 3.51. The number of hydrogen-bond acceptors (Lipinski definition) is 3. The molecule has 0 fully saturated rings. The fourth-order valence-corrected chi connectivity index (χ4v) is 1.23. The van der Waals surface area contributed by atoms with E-state index in [1.165, 1.54) is 12.8 Å². The van der Waals surface area contributed by atoms with E-state index in [1.54, 1.807) is 7.11 Å². The molecule has 0 aromatic carbocycles. The minimum absolute atomic E-state index is 0.644. The molecule has 3 heteroatoms. The molecule has 0 amide bonds. The first kappa shape index (κ1) is 12.9. The molecule has 0 saturated heterocycles. The van der Waals surface area contributed by atoms with Crippen LogP contribution in [0.25, 0.3) is 0 Å². The van der Waals surface area contributed by atoms with Crippen LogP contribution in [0.4, 0.5) is 0 Å². The van der Waals surface area contributed by atoms with Crippen LogP contribution in [-0.2, 0) is 9.47 Å². The molecule has 0 aliphatic rings. The fraction of sp³-hybridized carbons (Fsp3) is 1.00. The molecule has 0 radical (unpaired) electrons. The van der Waals surface area contributed by atoms with E-state index >= 15 is 0 Å². The van der Waals surface area contributed by atoms with Gasteiger partial charge in [-0.2, -0.15) is 0 Å². The van der Waals surface area contributed by atoms with Crippen LogP contribution < -0.4 is 5.32 Å². The molecule has 1 atom stereocenters. The average molecular weight is 189 g/mol. The van der Waals surface area contributed by atoms with Crippen LogP contribution in [0.1, 0.15) is 26.2 Å². The third-order valence-corrected chi connectivity index (χ3v) is 2.17. The van der Waals surface area contributed by atoms with Crippen LogP contribution in [0, 0.1) is 0 Å². The van der Waals surface area contributed by atoms with Crippen molar-refractivity contribution in [3.8, 4) is 0 Å². The lowest BCUT2D eigenvalue weighted by molar-refractivity contribution is 0.0678. The number of rotatable bonds is 9. The van der Waals surface area contributed by atoms with Gasteiger partial charge in [0.2, 0.25) is 0 Å². The van der Waals surface area contributed by atoms with Gasteiger partial charge in [-0.05, 0) is 26.3 Å². The highest BCUT2D eigenvalue weighted by Gasteiger charge is 2.01. The van der Waals surface area contributed by atoms with Gasteiger partial charge < -0.3 is 14.8 Å². The molecule has 1 unspecified atom stereocenters. The van der Waals surface area contributed by atoms with Crippen molar-refractivity contribution in [1.82, 2.24) is 5.32 Å². The van der Waals surface area contributed by atoms with E-state index in [1.807, 2.05) is 7.05 Å². The number of methoxy groups -OCH3 is 1. The summed E-state index contributed by atoms with van der Waals surface area (Å²) < 4.78 is 10.2. The number of hydrogen-bond donors (Lipinski definition) is 1. The maximum absolute atomic E-state index is 5.36. The van der Waals surface area contributed by atoms with Crippen molar-refractivity contribution in [2.45, 2.75) is 32.2 Å². The highest BCUT2D eigenvalue weighted by molar-refractivity contribution is 4.60. The summed E-state index contributed by atoms with van der Waals surface area (Å²) in [4.78, 5) is 0. The Morgan fingerprint density at radius 2 is 2.00 bits per heavy atom. The number of ether oxygens (including phenoxy) is 2. The molecule has 80 valence electrons. The SMILES string of the molecule is CCC(CCCOCCOC)NC. The van der Waals surface area contributed by atoms with Crippen molar-refractivity contribution in [2.24, 2.45) is 0 Å². The van der Waals surface area contributed by atoms with Crippen LogP contribution in [-0.4, -0.2) is 40.0 Å². The Bertz CT molecular complexity index is 94.9. The van der Waals surface area contributed by atoms with Gasteiger partial charge in [-0.1, -0.05) is 6.92 Å². The third-order valence-electron chi connectivity index (χ3n) is 2.17. The standard InChI is InChI=1S/C10H23NO2/c1-4-10(11-2)6-5-7-13-9-8-12-3/h10-11H,4-9H2,1-3H3. The maximum Gasteiger partial charge on any atom is 0.0700 e. The molecule has 0 spiro atoms. The van der Waals surface area contributed by atoms with E-state index in [-0.39, 0.29) is 0 Å². The van der Waals surface area contributed by atoms with Gasteiger partial charge in [0, 0.05) is 19.8 Å². The first-order valence-electron chi connectivity index (χ1n) is 5.09. The molecule has 0 aliphatic carbocycles. The molecular formula is C10H23NO2. The van der Waals surface area contributed by atoms with E-state index in [0.717, 1.165) is 13.0 Å². The molecule has 0 heterocycles. The summed E-state index contributed by atoms with van der Waals surface area (Å²) in [5, 5.41) is 3.27. The Kier molecular flexibility index (Phi) is 9.87. The average Bonchev–Trinajstić information content (AvgIpc) is 2.17. The van der Waals surface area contributed by atoms with E-state index in [9.17, 15) is 0 Å². The Morgan fingerprint density at radius 1 is 1.23 bits per heavy atom. The second-order valence-corrected chi connectivity index (χ2v) is 3.14. The fourth-order valence-electron chi connectivity index (χ4n) is 1.23. The summed E-state index contributed by atoms with van der Waals surface area (Å²) in [6, 6.07) is 0.644. The van der Waals surface area contributed by atoms with Gasteiger partial charge in [0.1, 0.15) is 0 Å². The summed E-state index contributed by atoms with van der Waals surface area (Å²) in [6.45, 7) is 4.46. The molecule has 0 rings (SSSR count). The van der Waals surface area contributed by atoms with E-state index in [0.29, 0.717) is 19.3 Å². The lowest BCUT2D eigenvalue weighted by Crippen LogP contribution is -2.24. The number of nitrogens with one attached hydrogen (secondary N) is 1. The summed E-state index contributed by atoms with van der Waals surface area (Å²) in [5.41, 5.74) is 0. The van der Waals surface area contributed by atoms with E-state index in [2.05, 4.69) is 12.2 Å². The summed E-state index contributed by atoms with van der Waals surface area (Å²) in [7, 11) is 3.71. The predicted octanol–water partition coefficient (Wildman–Crippen LogP) is 1.43. The zero-order valence-corrected chi connectivity index (χ0v) is 9.14. The molecule has 13 heavy (non-hydrogen) atoms. The minimum Gasteiger partial charge on any atom is -0.382 e. The maximum atomic E-state index is 5.36. The van der Waals surface area contributed by atoms with Crippen molar-refractivity contribution in [2.75, 3.05) is 34.0 Å². The highest BCUT2D eigenvalue weighted by atomic mass is 16.5. The normalized spacial score (nSPS) is 13.2. The van der Waals surface area contributed by atoms with Gasteiger partial charge in [0.15, 0.2) is 0 Å².